The molecule has 3 unspecified atom stereocenters. The normalized spacial score (nSPS) is 42.9. The summed E-state index contributed by atoms with van der Waals surface area (Å²) in [5, 5.41) is 0. The van der Waals surface area contributed by atoms with Gasteiger partial charge in [-0.15, -0.1) is 6.58 Å². The van der Waals surface area contributed by atoms with E-state index in [4.69, 9.17) is 0 Å². The van der Waals surface area contributed by atoms with Crippen molar-refractivity contribution < 1.29 is 4.39 Å². The van der Waals surface area contributed by atoms with Gasteiger partial charge in [0.25, 0.3) is 0 Å². The zero-order valence-corrected chi connectivity index (χ0v) is 16.6. The molecule has 0 aromatic carbocycles. The van der Waals surface area contributed by atoms with Crippen LogP contribution in [0.2, 0.25) is 0 Å². The van der Waals surface area contributed by atoms with Crippen molar-refractivity contribution in [1.82, 2.24) is 0 Å². The van der Waals surface area contributed by atoms with Crippen LogP contribution < -0.4 is 0 Å². The Bertz CT molecular complexity index is 387. The predicted octanol–water partition coefficient (Wildman–Crippen LogP) is 7.73. The quantitative estimate of drug-likeness (QED) is 0.431. The minimum Gasteiger partial charge on any atom is -0.247 e. The second kappa shape index (κ2) is 9.56. The van der Waals surface area contributed by atoms with E-state index in [-0.39, 0.29) is 0 Å². The van der Waals surface area contributed by atoms with Crippen molar-refractivity contribution in [3.8, 4) is 0 Å². The molecule has 0 aromatic heterocycles. The summed E-state index contributed by atoms with van der Waals surface area (Å²) in [6, 6.07) is 0. The summed E-state index contributed by atoms with van der Waals surface area (Å²) < 4.78 is 14.8. The van der Waals surface area contributed by atoms with E-state index in [1.165, 1.54) is 64.2 Å². The van der Waals surface area contributed by atoms with Crippen LogP contribution in [0.1, 0.15) is 96.8 Å². The van der Waals surface area contributed by atoms with Crippen LogP contribution in [0.25, 0.3) is 0 Å². The van der Waals surface area contributed by atoms with Crippen LogP contribution in [0.15, 0.2) is 12.7 Å². The monoisotopic (exact) mass is 348 g/mol. The fraction of sp³-hybridized carbons (Fsp3) is 0.917. The molecule has 0 amide bonds. The zero-order chi connectivity index (χ0) is 17.6. The van der Waals surface area contributed by atoms with E-state index < -0.39 is 6.17 Å². The highest BCUT2D eigenvalue weighted by Crippen LogP contribution is 2.47. The van der Waals surface area contributed by atoms with Gasteiger partial charge in [-0.25, -0.2) is 4.39 Å². The molecule has 3 rings (SSSR count). The molecule has 3 saturated carbocycles. The van der Waals surface area contributed by atoms with Crippen LogP contribution in [-0.2, 0) is 0 Å². The number of halogens is 1. The Labute approximate surface area is 156 Å². The first-order valence-corrected chi connectivity index (χ1v) is 11.5. The van der Waals surface area contributed by atoms with Gasteiger partial charge in [-0.3, -0.25) is 0 Å². The van der Waals surface area contributed by atoms with Crippen LogP contribution in [0.4, 0.5) is 4.39 Å². The lowest BCUT2D eigenvalue weighted by molar-refractivity contribution is 0.0458. The molecule has 0 nitrogen and oxygen atoms in total. The van der Waals surface area contributed by atoms with Crippen LogP contribution >= 0.6 is 0 Å². The van der Waals surface area contributed by atoms with Crippen molar-refractivity contribution in [2.45, 2.75) is 103 Å². The molecule has 0 aromatic rings. The van der Waals surface area contributed by atoms with Gasteiger partial charge in [0.05, 0.1) is 0 Å². The molecule has 0 saturated heterocycles. The molecular weight excluding hydrogens is 307 g/mol. The first kappa shape index (κ1) is 19.4. The fourth-order valence-electron chi connectivity index (χ4n) is 6.48. The van der Waals surface area contributed by atoms with E-state index in [0.717, 1.165) is 43.4 Å². The van der Waals surface area contributed by atoms with Gasteiger partial charge < -0.3 is 0 Å². The van der Waals surface area contributed by atoms with Gasteiger partial charge in [-0.2, -0.15) is 0 Å². The summed E-state index contributed by atoms with van der Waals surface area (Å²) >= 11 is 0. The molecule has 144 valence electrons. The van der Waals surface area contributed by atoms with E-state index in [1.54, 1.807) is 0 Å². The second-order valence-corrected chi connectivity index (χ2v) is 9.59. The highest BCUT2D eigenvalue weighted by atomic mass is 19.1. The van der Waals surface area contributed by atoms with Gasteiger partial charge in [0, 0.05) is 0 Å². The highest BCUT2D eigenvalue weighted by molar-refractivity contribution is 4.89. The Morgan fingerprint density at radius 2 is 1.36 bits per heavy atom. The Morgan fingerprint density at radius 3 is 1.92 bits per heavy atom. The maximum atomic E-state index is 14.8. The maximum Gasteiger partial charge on any atom is 0.103 e. The van der Waals surface area contributed by atoms with Crippen molar-refractivity contribution in [3.05, 3.63) is 12.7 Å². The number of allylic oxidation sites excluding steroid dienone is 1. The average Bonchev–Trinajstić information content (AvgIpc) is 2.67. The fourth-order valence-corrected chi connectivity index (χ4v) is 6.48. The van der Waals surface area contributed by atoms with Crippen molar-refractivity contribution >= 4 is 0 Å². The largest absolute Gasteiger partial charge is 0.247 e. The summed E-state index contributed by atoms with van der Waals surface area (Å²) in [5.41, 5.74) is 0. The van der Waals surface area contributed by atoms with Gasteiger partial charge in [0.2, 0.25) is 0 Å². The van der Waals surface area contributed by atoms with Gasteiger partial charge in [0.15, 0.2) is 0 Å². The molecule has 0 radical (unpaired) electrons. The molecule has 3 aliphatic carbocycles. The smallest absolute Gasteiger partial charge is 0.103 e. The molecule has 3 atom stereocenters. The van der Waals surface area contributed by atoms with Crippen LogP contribution in [0.3, 0.4) is 0 Å². The lowest BCUT2D eigenvalue weighted by atomic mass is 9.64. The van der Waals surface area contributed by atoms with Crippen LogP contribution in [-0.4, -0.2) is 6.17 Å². The van der Waals surface area contributed by atoms with Gasteiger partial charge in [-0.05, 0) is 106 Å². The van der Waals surface area contributed by atoms with Gasteiger partial charge in [-0.1, -0.05) is 32.3 Å². The summed E-state index contributed by atoms with van der Waals surface area (Å²) in [5.74, 6) is 4.68. The van der Waals surface area contributed by atoms with Crippen LogP contribution in [0, 0.1) is 35.5 Å². The topological polar surface area (TPSA) is 0 Å². The Hall–Kier alpha value is -0.330. The standard InChI is InChI=1S/C24H41F/c1-3-5-6-19-9-16-23(24(25)17-19)22-14-12-21(13-15-22)20-10-7-18(4-2)8-11-20/h3,18-24H,1,4-17H2,2H3. The maximum absolute atomic E-state index is 14.8. The summed E-state index contributed by atoms with van der Waals surface area (Å²) in [6.45, 7) is 6.17. The number of hydrogen-bond donors (Lipinski definition) is 0. The molecule has 3 fully saturated rings. The third-order valence-corrected chi connectivity index (χ3v) is 8.27. The minimum absolute atomic E-state index is 0.386. The molecule has 0 aliphatic heterocycles. The molecule has 25 heavy (non-hydrogen) atoms. The number of alkyl halides is 1. The highest BCUT2D eigenvalue weighted by Gasteiger charge is 2.38. The lowest BCUT2D eigenvalue weighted by Gasteiger charge is -2.42. The van der Waals surface area contributed by atoms with E-state index in [9.17, 15) is 4.39 Å². The third kappa shape index (κ3) is 5.10. The molecule has 0 heterocycles. The first-order chi connectivity index (χ1) is 12.2. The summed E-state index contributed by atoms with van der Waals surface area (Å²) in [6.07, 6.45) is 19.7. The van der Waals surface area contributed by atoms with E-state index >= 15 is 0 Å². The molecule has 0 N–H and O–H groups in total. The van der Waals surface area contributed by atoms with E-state index in [1.807, 2.05) is 6.08 Å². The van der Waals surface area contributed by atoms with Crippen molar-refractivity contribution in [3.63, 3.8) is 0 Å². The van der Waals surface area contributed by atoms with E-state index in [2.05, 4.69) is 13.5 Å². The summed E-state index contributed by atoms with van der Waals surface area (Å²) in [4.78, 5) is 0. The van der Waals surface area contributed by atoms with Crippen molar-refractivity contribution in [2.75, 3.05) is 0 Å². The molecule has 0 spiro atoms. The molecular formula is C24H41F. The molecule has 3 aliphatic rings. The second-order valence-electron chi connectivity index (χ2n) is 9.59. The van der Waals surface area contributed by atoms with Gasteiger partial charge in [0.1, 0.15) is 6.17 Å². The zero-order valence-electron chi connectivity index (χ0n) is 16.6. The SMILES string of the molecule is C=CCCC1CCC(C2CCC(C3CCC(CC)CC3)CC2)C(F)C1. The number of rotatable bonds is 6. The van der Waals surface area contributed by atoms with Crippen molar-refractivity contribution in [2.24, 2.45) is 35.5 Å². The molecule has 0 bridgehead atoms. The Balaban J connectivity index is 1.41. The first-order valence-electron chi connectivity index (χ1n) is 11.5. The lowest BCUT2D eigenvalue weighted by Crippen LogP contribution is -2.35. The van der Waals surface area contributed by atoms with Crippen molar-refractivity contribution in [1.29, 1.82) is 0 Å². The average molecular weight is 349 g/mol. The van der Waals surface area contributed by atoms with E-state index in [0.29, 0.717) is 17.8 Å². The van der Waals surface area contributed by atoms with Crippen LogP contribution in [0.5, 0.6) is 0 Å². The molecule has 1 heteroatoms. The van der Waals surface area contributed by atoms with Gasteiger partial charge >= 0.3 is 0 Å². The summed E-state index contributed by atoms with van der Waals surface area (Å²) in [7, 11) is 0. The Kier molecular flexibility index (Phi) is 7.43. The third-order valence-electron chi connectivity index (χ3n) is 8.27. The Morgan fingerprint density at radius 1 is 0.800 bits per heavy atom. The number of hydrogen-bond acceptors (Lipinski definition) is 0. The predicted molar refractivity (Wildman–Crippen MR) is 106 cm³/mol. The minimum atomic E-state index is -0.523.